The van der Waals surface area contributed by atoms with Crippen molar-refractivity contribution in [2.24, 2.45) is 5.92 Å². The molecule has 0 spiro atoms. The third-order valence-corrected chi connectivity index (χ3v) is 1.11. The fourth-order valence-corrected chi connectivity index (χ4v) is 0.599. The minimum absolute atomic E-state index is 0.149. The molecule has 0 aliphatic heterocycles. The lowest BCUT2D eigenvalue weighted by Gasteiger charge is -2.04. The van der Waals surface area contributed by atoms with E-state index in [4.69, 9.17) is 10.4 Å². The van der Waals surface area contributed by atoms with Crippen LogP contribution in [0.5, 0.6) is 0 Å². The second-order valence-corrected chi connectivity index (χ2v) is 2.03. The van der Waals surface area contributed by atoms with Gasteiger partial charge in [-0.15, -0.1) is 0 Å². The van der Waals surface area contributed by atoms with Gasteiger partial charge in [0.25, 0.3) is 0 Å². The van der Waals surface area contributed by atoms with E-state index < -0.39 is 24.3 Å². The van der Waals surface area contributed by atoms with Crippen molar-refractivity contribution in [2.45, 2.75) is 13.3 Å². The molecule has 0 amide bonds. The van der Waals surface area contributed by atoms with Crippen LogP contribution in [0.15, 0.2) is 0 Å². The summed E-state index contributed by atoms with van der Waals surface area (Å²) in [6, 6.07) is 1.56. The van der Waals surface area contributed by atoms with Gasteiger partial charge in [-0.1, -0.05) is 0 Å². The number of hydrogen-bond donors (Lipinski definition) is 1. The van der Waals surface area contributed by atoms with Gasteiger partial charge in [0.05, 0.1) is 19.1 Å². The van der Waals surface area contributed by atoms with Gasteiger partial charge in [0.1, 0.15) is 0 Å². The third-order valence-electron chi connectivity index (χ3n) is 1.11. The molecule has 0 aromatic rings. The third kappa shape index (κ3) is 3.56. The molecule has 0 fully saturated rings. The topological polar surface area (TPSA) is 87.4 Å². The maximum atomic E-state index is 10.8. The Bertz CT molecular complexity index is 218. The predicted molar refractivity (Wildman–Crippen MR) is 38.0 cm³/mol. The Morgan fingerprint density at radius 2 is 2.25 bits per heavy atom. The van der Waals surface area contributed by atoms with E-state index in [1.54, 1.807) is 13.0 Å². The van der Waals surface area contributed by atoms with E-state index in [0.717, 1.165) is 0 Å². The number of rotatable bonds is 4. The van der Waals surface area contributed by atoms with Gasteiger partial charge in [0, 0.05) is 0 Å². The normalized spacial score (nSPS) is 11.3. The highest BCUT2D eigenvalue weighted by molar-refractivity contribution is 5.81. The molecular weight excluding hydrogens is 162 g/mol. The van der Waals surface area contributed by atoms with Crippen molar-refractivity contribution < 1.29 is 19.4 Å². The van der Waals surface area contributed by atoms with Gasteiger partial charge in [-0.2, -0.15) is 5.26 Å². The lowest BCUT2D eigenvalue weighted by molar-refractivity contribution is -0.150. The Labute approximate surface area is 69.6 Å². The van der Waals surface area contributed by atoms with Crippen molar-refractivity contribution in [3.63, 3.8) is 0 Å². The number of aliphatic carboxylic acids is 1. The lowest BCUT2D eigenvalue weighted by atomic mass is 10.1. The minimum atomic E-state index is -1.19. The molecular formula is C7H9NO4. The first-order valence-corrected chi connectivity index (χ1v) is 3.39. The summed E-state index contributed by atoms with van der Waals surface area (Å²) in [7, 11) is 0. The van der Waals surface area contributed by atoms with Gasteiger partial charge in [-0.25, -0.2) is 0 Å². The molecule has 0 aromatic carbocycles. The van der Waals surface area contributed by atoms with Crippen molar-refractivity contribution in [1.82, 2.24) is 0 Å². The summed E-state index contributed by atoms with van der Waals surface area (Å²) in [5, 5.41) is 16.6. The van der Waals surface area contributed by atoms with Crippen molar-refractivity contribution in [3.05, 3.63) is 0 Å². The quantitative estimate of drug-likeness (QED) is 0.609. The lowest BCUT2D eigenvalue weighted by Crippen LogP contribution is -2.19. The van der Waals surface area contributed by atoms with Crippen molar-refractivity contribution in [2.75, 3.05) is 6.61 Å². The second kappa shape index (κ2) is 5.13. The summed E-state index contributed by atoms with van der Waals surface area (Å²) in [6.45, 7) is 1.74. The first-order chi connectivity index (χ1) is 5.61. The van der Waals surface area contributed by atoms with Crippen LogP contribution in [0.1, 0.15) is 13.3 Å². The number of carboxylic acid groups (broad SMARTS) is 1. The molecule has 5 heteroatoms. The zero-order valence-electron chi connectivity index (χ0n) is 6.61. The number of hydrogen-bond acceptors (Lipinski definition) is 4. The zero-order chi connectivity index (χ0) is 9.56. The Balaban J connectivity index is 4.08. The molecule has 1 unspecified atom stereocenters. The predicted octanol–water partition coefficient (Wildman–Crippen LogP) is 0.164. The van der Waals surface area contributed by atoms with Crippen molar-refractivity contribution in [1.29, 1.82) is 5.26 Å². The van der Waals surface area contributed by atoms with Crippen LogP contribution >= 0.6 is 0 Å². The Hall–Kier alpha value is -1.57. The highest BCUT2D eigenvalue weighted by Crippen LogP contribution is 2.03. The molecule has 66 valence electrons. The molecule has 0 radical (unpaired) electrons. The van der Waals surface area contributed by atoms with Crippen LogP contribution in [-0.2, 0) is 14.3 Å². The molecule has 1 N–H and O–H groups in total. The van der Waals surface area contributed by atoms with E-state index in [2.05, 4.69) is 4.74 Å². The average Bonchev–Trinajstić information content (AvgIpc) is 2.00. The molecule has 0 saturated heterocycles. The Morgan fingerprint density at radius 1 is 1.67 bits per heavy atom. The van der Waals surface area contributed by atoms with Crippen LogP contribution in [-0.4, -0.2) is 23.7 Å². The van der Waals surface area contributed by atoms with Gasteiger partial charge in [-0.3, -0.25) is 9.59 Å². The molecule has 0 rings (SSSR count). The van der Waals surface area contributed by atoms with E-state index in [1.807, 2.05) is 0 Å². The van der Waals surface area contributed by atoms with Crippen LogP contribution in [0.3, 0.4) is 0 Å². The van der Waals surface area contributed by atoms with Crippen LogP contribution in [0.4, 0.5) is 0 Å². The number of ether oxygens (including phenoxy) is 1. The molecule has 0 heterocycles. The number of carboxylic acids is 1. The maximum Gasteiger partial charge on any atom is 0.323 e. The molecule has 0 aliphatic rings. The van der Waals surface area contributed by atoms with E-state index in [1.165, 1.54) is 0 Å². The SMILES string of the molecule is CCOC(=O)C(C#N)CC(=O)O. The van der Waals surface area contributed by atoms with E-state index >= 15 is 0 Å². The van der Waals surface area contributed by atoms with Crippen LogP contribution in [0, 0.1) is 17.2 Å². The number of carbonyl (C=O) groups excluding carboxylic acids is 1. The summed E-state index contributed by atoms with van der Waals surface area (Å²) in [5.41, 5.74) is 0. The molecule has 5 nitrogen and oxygen atoms in total. The first-order valence-electron chi connectivity index (χ1n) is 3.39. The van der Waals surface area contributed by atoms with Crippen LogP contribution < -0.4 is 0 Å². The summed E-state index contributed by atoms with van der Waals surface area (Å²) in [6.07, 6.45) is -0.505. The standard InChI is InChI=1S/C7H9NO4/c1-2-12-7(11)5(4-8)3-6(9)10/h5H,2-3H2,1H3,(H,9,10). The largest absolute Gasteiger partial charge is 0.481 e. The molecule has 12 heavy (non-hydrogen) atoms. The zero-order valence-corrected chi connectivity index (χ0v) is 6.61. The Kier molecular flexibility index (Phi) is 4.46. The average molecular weight is 171 g/mol. The minimum Gasteiger partial charge on any atom is -0.481 e. The van der Waals surface area contributed by atoms with E-state index in [0.29, 0.717) is 0 Å². The monoisotopic (exact) mass is 171 g/mol. The van der Waals surface area contributed by atoms with Gasteiger partial charge < -0.3 is 9.84 Å². The number of nitriles is 1. The van der Waals surface area contributed by atoms with Gasteiger partial charge in [0.2, 0.25) is 0 Å². The molecule has 0 aliphatic carbocycles. The molecule has 0 bridgehead atoms. The van der Waals surface area contributed by atoms with Gasteiger partial charge >= 0.3 is 11.9 Å². The number of esters is 1. The summed E-state index contributed by atoms with van der Waals surface area (Å²) >= 11 is 0. The van der Waals surface area contributed by atoms with E-state index in [9.17, 15) is 9.59 Å². The Morgan fingerprint density at radius 3 is 2.58 bits per heavy atom. The summed E-state index contributed by atoms with van der Waals surface area (Å²) < 4.78 is 4.47. The van der Waals surface area contributed by atoms with Crippen LogP contribution in [0.25, 0.3) is 0 Å². The smallest absolute Gasteiger partial charge is 0.323 e. The fraction of sp³-hybridized carbons (Fsp3) is 0.571. The summed E-state index contributed by atoms with van der Waals surface area (Å²) in [4.78, 5) is 20.9. The first kappa shape index (κ1) is 10.4. The molecule has 1 atom stereocenters. The highest BCUT2D eigenvalue weighted by atomic mass is 16.5. The summed E-state index contributed by atoms with van der Waals surface area (Å²) in [5.74, 6) is -3.15. The van der Waals surface area contributed by atoms with Gasteiger partial charge in [-0.05, 0) is 6.92 Å². The highest BCUT2D eigenvalue weighted by Gasteiger charge is 2.21. The molecule has 0 aromatic heterocycles. The number of nitrogens with zero attached hydrogens (tertiary/aromatic N) is 1. The van der Waals surface area contributed by atoms with Crippen molar-refractivity contribution >= 4 is 11.9 Å². The van der Waals surface area contributed by atoms with Crippen molar-refractivity contribution in [3.8, 4) is 6.07 Å². The van der Waals surface area contributed by atoms with E-state index in [-0.39, 0.29) is 6.61 Å². The van der Waals surface area contributed by atoms with Gasteiger partial charge in [0.15, 0.2) is 5.92 Å². The maximum absolute atomic E-state index is 10.8. The fourth-order valence-electron chi connectivity index (χ4n) is 0.599. The second-order valence-electron chi connectivity index (χ2n) is 2.03. The number of carbonyl (C=O) groups is 2. The molecule has 0 saturated carbocycles. The van der Waals surface area contributed by atoms with Crippen LogP contribution in [0.2, 0.25) is 0 Å².